The highest BCUT2D eigenvalue weighted by molar-refractivity contribution is 5.91. The Morgan fingerprint density at radius 3 is 2.56 bits per heavy atom. The van der Waals surface area contributed by atoms with Crippen molar-refractivity contribution in [3.05, 3.63) is 36.7 Å². The van der Waals surface area contributed by atoms with Crippen LogP contribution in [0.5, 0.6) is 0 Å². The van der Waals surface area contributed by atoms with Crippen molar-refractivity contribution >= 4 is 22.5 Å². The summed E-state index contributed by atoms with van der Waals surface area (Å²) >= 11 is 0. The third kappa shape index (κ3) is 1.69. The lowest BCUT2D eigenvalue weighted by Crippen LogP contribution is -1.95. The van der Waals surface area contributed by atoms with Crippen molar-refractivity contribution in [1.82, 2.24) is 20.2 Å². The number of fused-ring (bicyclic) bond motifs is 1. The van der Waals surface area contributed by atoms with Crippen LogP contribution in [0.3, 0.4) is 0 Å². The fourth-order valence-electron chi connectivity index (χ4n) is 1.73. The Morgan fingerprint density at radius 2 is 1.78 bits per heavy atom. The molecule has 3 rings (SSSR count). The Labute approximate surface area is 103 Å². The van der Waals surface area contributed by atoms with E-state index in [9.17, 15) is 0 Å². The van der Waals surface area contributed by atoms with E-state index < -0.39 is 0 Å². The van der Waals surface area contributed by atoms with E-state index in [4.69, 9.17) is 11.5 Å². The lowest BCUT2D eigenvalue weighted by atomic mass is 10.1. The zero-order chi connectivity index (χ0) is 12.5. The second kappa shape index (κ2) is 3.92. The average Bonchev–Trinajstić information content (AvgIpc) is 2.40. The first-order chi connectivity index (χ1) is 8.74. The maximum Gasteiger partial charge on any atom is 0.146 e. The van der Waals surface area contributed by atoms with E-state index in [-0.39, 0.29) is 0 Å². The summed E-state index contributed by atoms with van der Waals surface area (Å²) in [6.45, 7) is 0. The maximum absolute atomic E-state index is 5.82. The number of benzene rings is 1. The molecule has 0 aliphatic carbocycles. The van der Waals surface area contributed by atoms with Gasteiger partial charge in [0.1, 0.15) is 18.0 Å². The quantitative estimate of drug-likeness (QED) is 0.661. The van der Waals surface area contributed by atoms with Crippen LogP contribution in [0.15, 0.2) is 36.7 Å². The molecule has 3 aromatic rings. The summed E-state index contributed by atoms with van der Waals surface area (Å²) in [6.07, 6.45) is 1.44. The van der Waals surface area contributed by atoms with Crippen LogP contribution in [0.1, 0.15) is 0 Å². The summed E-state index contributed by atoms with van der Waals surface area (Å²) in [5, 5.41) is 8.65. The second-order valence-corrected chi connectivity index (χ2v) is 3.83. The zero-order valence-electron chi connectivity index (χ0n) is 9.41. The lowest BCUT2D eigenvalue weighted by molar-refractivity contribution is 1.05. The predicted molar refractivity (Wildman–Crippen MR) is 69.4 cm³/mol. The smallest absolute Gasteiger partial charge is 0.146 e. The van der Waals surface area contributed by atoms with Gasteiger partial charge in [-0.2, -0.15) is 0 Å². The minimum atomic E-state index is 0.391. The standard InChI is InChI=1S/C12H10N6/c13-11-4-3-9(17-18-11)7-1-2-10-8(5-7)12(14)16-6-15-10/h1-6H,(H2,13,18)(H2,14,15,16). The molecule has 6 nitrogen and oxygen atoms in total. The SMILES string of the molecule is Nc1ccc(-c2ccc3ncnc(N)c3c2)nn1. The third-order valence-corrected chi connectivity index (χ3v) is 2.65. The van der Waals surface area contributed by atoms with E-state index in [1.807, 2.05) is 24.3 Å². The summed E-state index contributed by atoms with van der Waals surface area (Å²) in [5.74, 6) is 0.840. The molecule has 0 bridgehead atoms. The molecule has 1 aromatic carbocycles. The first-order valence-electron chi connectivity index (χ1n) is 5.34. The number of nitrogen functional groups attached to an aromatic ring is 2. The molecule has 2 aromatic heterocycles. The number of hydrogen-bond donors (Lipinski definition) is 2. The molecule has 0 saturated carbocycles. The number of nitrogens with two attached hydrogens (primary N) is 2. The van der Waals surface area contributed by atoms with Crippen LogP contribution in [0.25, 0.3) is 22.2 Å². The normalized spacial score (nSPS) is 10.7. The topological polar surface area (TPSA) is 104 Å². The summed E-state index contributed by atoms with van der Waals surface area (Å²) in [7, 11) is 0. The Balaban J connectivity index is 2.18. The second-order valence-electron chi connectivity index (χ2n) is 3.83. The molecule has 18 heavy (non-hydrogen) atoms. The highest BCUT2D eigenvalue weighted by Gasteiger charge is 2.05. The third-order valence-electron chi connectivity index (χ3n) is 2.65. The highest BCUT2D eigenvalue weighted by Crippen LogP contribution is 2.24. The molecule has 2 heterocycles. The monoisotopic (exact) mass is 238 g/mol. The van der Waals surface area contributed by atoms with Crippen molar-refractivity contribution in [2.75, 3.05) is 11.5 Å². The molecule has 0 aliphatic rings. The first-order valence-corrected chi connectivity index (χ1v) is 5.34. The van der Waals surface area contributed by atoms with Gasteiger partial charge in [0, 0.05) is 10.9 Å². The number of nitrogens with zero attached hydrogens (tertiary/aromatic N) is 4. The van der Waals surface area contributed by atoms with Crippen molar-refractivity contribution in [2.45, 2.75) is 0 Å². The van der Waals surface area contributed by atoms with Gasteiger partial charge in [0.05, 0.1) is 11.2 Å². The molecule has 4 N–H and O–H groups in total. The van der Waals surface area contributed by atoms with E-state index in [2.05, 4.69) is 20.2 Å². The van der Waals surface area contributed by atoms with Gasteiger partial charge in [-0.15, -0.1) is 10.2 Å². The fourth-order valence-corrected chi connectivity index (χ4v) is 1.73. The Kier molecular flexibility index (Phi) is 2.26. The van der Waals surface area contributed by atoms with Gasteiger partial charge in [-0.25, -0.2) is 9.97 Å². The molecule has 0 aliphatic heterocycles. The predicted octanol–water partition coefficient (Wildman–Crippen LogP) is 1.25. The van der Waals surface area contributed by atoms with Gasteiger partial charge in [-0.1, -0.05) is 6.07 Å². The van der Waals surface area contributed by atoms with Gasteiger partial charge in [0.25, 0.3) is 0 Å². The molecule has 0 amide bonds. The molecule has 0 atom stereocenters. The van der Waals surface area contributed by atoms with Crippen LogP contribution in [0.2, 0.25) is 0 Å². The maximum atomic E-state index is 5.82. The molecule has 0 fully saturated rings. The van der Waals surface area contributed by atoms with E-state index in [1.54, 1.807) is 6.07 Å². The Bertz CT molecular complexity index is 707. The van der Waals surface area contributed by atoms with Crippen molar-refractivity contribution in [2.24, 2.45) is 0 Å². The van der Waals surface area contributed by atoms with Crippen molar-refractivity contribution in [3.63, 3.8) is 0 Å². The van der Waals surface area contributed by atoms with E-state index in [0.717, 1.165) is 22.2 Å². The zero-order valence-corrected chi connectivity index (χ0v) is 9.41. The molecular weight excluding hydrogens is 228 g/mol. The van der Waals surface area contributed by atoms with Gasteiger partial charge in [0.2, 0.25) is 0 Å². The van der Waals surface area contributed by atoms with Gasteiger partial charge >= 0.3 is 0 Å². The molecule has 0 spiro atoms. The summed E-state index contributed by atoms with van der Waals surface area (Å²) in [6, 6.07) is 9.20. The van der Waals surface area contributed by atoms with E-state index in [0.29, 0.717) is 11.6 Å². The molecular formula is C12H10N6. The lowest BCUT2D eigenvalue weighted by Gasteiger charge is -2.04. The van der Waals surface area contributed by atoms with Crippen LogP contribution in [-0.4, -0.2) is 20.2 Å². The largest absolute Gasteiger partial charge is 0.383 e. The van der Waals surface area contributed by atoms with E-state index >= 15 is 0 Å². The molecule has 0 unspecified atom stereocenters. The average molecular weight is 238 g/mol. The van der Waals surface area contributed by atoms with Crippen LogP contribution >= 0.6 is 0 Å². The van der Waals surface area contributed by atoms with Crippen molar-refractivity contribution in [1.29, 1.82) is 0 Å². The minimum absolute atomic E-state index is 0.391. The Hall–Kier alpha value is -2.76. The molecule has 6 heteroatoms. The summed E-state index contributed by atoms with van der Waals surface area (Å²) in [4.78, 5) is 8.11. The number of aromatic nitrogens is 4. The van der Waals surface area contributed by atoms with Crippen LogP contribution in [0.4, 0.5) is 11.6 Å². The van der Waals surface area contributed by atoms with Crippen LogP contribution in [0, 0.1) is 0 Å². The fraction of sp³-hybridized carbons (Fsp3) is 0. The van der Waals surface area contributed by atoms with E-state index in [1.165, 1.54) is 6.33 Å². The van der Waals surface area contributed by atoms with Gasteiger partial charge < -0.3 is 11.5 Å². The minimum Gasteiger partial charge on any atom is -0.383 e. The number of hydrogen-bond acceptors (Lipinski definition) is 6. The first kappa shape index (κ1) is 10.4. The Morgan fingerprint density at radius 1 is 0.889 bits per heavy atom. The van der Waals surface area contributed by atoms with Crippen molar-refractivity contribution < 1.29 is 0 Å². The molecule has 0 radical (unpaired) electrons. The van der Waals surface area contributed by atoms with Gasteiger partial charge in [-0.3, -0.25) is 0 Å². The van der Waals surface area contributed by atoms with Crippen LogP contribution < -0.4 is 11.5 Å². The van der Waals surface area contributed by atoms with Crippen molar-refractivity contribution in [3.8, 4) is 11.3 Å². The number of rotatable bonds is 1. The summed E-state index contributed by atoms with van der Waals surface area (Å²) < 4.78 is 0. The number of anilines is 2. The molecule has 88 valence electrons. The van der Waals surface area contributed by atoms with Crippen LogP contribution in [-0.2, 0) is 0 Å². The molecule has 0 saturated heterocycles. The highest BCUT2D eigenvalue weighted by atomic mass is 15.1. The van der Waals surface area contributed by atoms with Gasteiger partial charge in [0.15, 0.2) is 0 Å². The van der Waals surface area contributed by atoms with Gasteiger partial charge in [-0.05, 0) is 24.3 Å². The summed E-state index contributed by atoms with van der Waals surface area (Å²) in [5.41, 5.74) is 13.8.